The minimum atomic E-state index is -3.77. The van der Waals surface area contributed by atoms with E-state index in [4.69, 9.17) is 0 Å². The third kappa shape index (κ3) is 2.13. The third-order valence-corrected chi connectivity index (χ3v) is 2.97. The summed E-state index contributed by atoms with van der Waals surface area (Å²) in [6.07, 6.45) is 0. The van der Waals surface area contributed by atoms with E-state index in [9.17, 15) is 8.76 Å². The number of nitrogens with two attached hydrogens (primary N) is 1. The standard InChI is InChI=1S/C8H11NO3S/c1-6-3-4-7(2)8(5-6)13(10,11)12-9/h3-5H,9H2,1-2H3/q+1. The van der Waals surface area contributed by atoms with Crippen LogP contribution in [-0.2, 0) is 23.5 Å². The predicted octanol–water partition coefficient (Wildman–Crippen LogP) is 1.31. The van der Waals surface area contributed by atoms with Gasteiger partial charge in [-0.15, -0.1) is 0 Å². The van der Waals surface area contributed by atoms with Gasteiger partial charge in [-0.2, -0.15) is 5.90 Å². The second-order valence-electron chi connectivity index (χ2n) is 2.82. The molecule has 1 unspecified atom stereocenters. The Bertz CT molecular complexity index is 364. The summed E-state index contributed by atoms with van der Waals surface area (Å²) >= 11 is 0. The van der Waals surface area contributed by atoms with E-state index in [-0.39, 0.29) is 4.90 Å². The van der Waals surface area contributed by atoms with E-state index in [1.54, 1.807) is 19.9 Å². The number of hydrogen-bond acceptors (Lipinski definition) is 3. The van der Waals surface area contributed by atoms with E-state index in [0.717, 1.165) is 5.56 Å². The van der Waals surface area contributed by atoms with Crippen LogP contribution in [-0.4, -0.2) is 0 Å². The molecule has 0 fully saturated rings. The van der Waals surface area contributed by atoms with Crippen molar-refractivity contribution < 1.29 is 13.0 Å². The lowest BCUT2D eigenvalue weighted by Crippen LogP contribution is -2.18. The Morgan fingerprint density at radius 2 is 2.00 bits per heavy atom. The van der Waals surface area contributed by atoms with E-state index in [0.29, 0.717) is 5.56 Å². The molecule has 0 spiro atoms. The largest absolute Gasteiger partial charge is 0.447 e. The average Bonchev–Trinajstić information content (AvgIpc) is 2.09. The van der Waals surface area contributed by atoms with Crippen molar-refractivity contribution in [3.8, 4) is 0 Å². The van der Waals surface area contributed by atoms with Gasteiger partial charge in [-0.3, -0.25) is 0 Å². The maximum absolute atomic E-state index is 11.2. The van der Waals surface area contributed by atoms with Crippen LogP contribution in [0.15, 0.2) is 23.1 Å². The molecule has 1 aromatic rings. The van der Waals surface area contributed by atoms with Crippen LogP contribution in [0.25, 0.3) is 0 Å². The highest BCUT2D eigenvalue weighted by Gasteiger charge is 2.36. The second kappa shape index (κ2) is 3.55. The summed E-state index contributed by atoms with van der Waals surface area (Å²) in [7, 11) is -3.77. The molecular weight excluding hydrogens is 190 g/mol. The lowest BCUT2D eigenvalue weighted by molar-refractivity contribution is 0.261. The molecule has 1 rings (SSSR count). The van der Waals surface area contributed by atoms with Crippen LogP contribution in [0.5, 0.6) is 0 Å². The van der Waals surface area contributed by atoms with Gasteiger partial charge in [0.15, 0.2) is 0 Å². The molecule has 71 valence electrons. The normalized spacial score (nSPS) is 15.4. The zero-order valence-electron chi connectivity index (χ0n) is 7.44. The summed E-state index contributed by atoms with van der Waals surface area (Å²) in [4.78, 5) is 0.120. The molecule has 2 N–H and O–H groups in total. The summed E-state index contributed by atoms with van der Waals surface area (Å²) in [5, 5.41) is 0. The molecule has 1 aromatic carbocycles. The van der Waals surface area contributed by atoms with Crippen LogP contribution in [0.4, 0.5) is 0 Å². The van der Waals surface area contributed by atoms with Gasteiger partial charge in [0.2, 0.25) is 4.90 Å². The van der Waals surface area contributed by atoms with Gasteiger partial charge < -0.3 is 0 Å². The number of rotatable bonds is 2. The second-order valence-corrected chi connectivity index (χ2v) is 4.36. The van der Waals surface area contributed by atoms with Crippen molar-refractivity contribution in [3.63, 3.8) is 0 Å². The van der Waals surface area contributed by atoms with Crippen LogP contribution in [0.3, 0.4) is 0 Å². The summed E-state index contributed by atoms with van der Waals surface area (Å²) in [5.41, 5.74) is 1.47. The fourth-order valence-electron chi connectivity index (χ4n) is 1.03. The molecule has 0 heterocycles. The molecule has 0 aliphatic rings. The first kappa shape index (κ1) is 10.3. The van der Waals surface area contributed by atoms with Gasteiger partial charge in [0.25, 0.3) is 0 Å². The highest BCUT2D eigenvalue weighted by atomic mass is 32.3. The first-order valence-corrected chi connectivity index (χ1v) is 5.09. The Balaban J connectivity index is 3.29. The highest BCUT2D eigenvalue weighted by molar-refractivity contribution is 7.93. The zero-order valence-corrected chi connectivity index (χ0v) is 8.26. The molecule has 0 bridgehead atoms. The SMILES string of the molecule is Cc1ccc(C)c([S+]([O])(=O)ON)c1. The number of hydrogen-bond donors (Lipinski definition) is 1. The summed E-state index contributed by atoms with van der Waals surface area (Å²) in [5.74, 6) is 4.67. The molecule has 0 saturated heterocycles. The topological polar surface area (TPSA) is 72.2 Å². The van der Waals surface area contributed by atoms with Gasteiger partial charge in [0, 0.05) is 11.6 Å². The van der Waals surface area contributed by atoms with Crippen molar-refractivity contribution in [2.24, 2.45) is 5.90 Å². The molecule has 0 amide bonds. The summed E-state index contributed by atoms with van der Waals surface area (Å²) in [6.45, 7) is 3.49. The van der Waals surface area contributed by atoms with E-state index in [2.05, 4.69) is 10.2 Å². The molecule has 0 saturated carbocycles. The Kier molecular flexibility index (Phi) is 2.82. The Morgan fingerprint density at radius 3 is 2.54 bits per heavy atom. The molecular formula is C8H11NO3S+. The first-order valence-electron chi connectivity index (χ1n) is 3.68. The smallest absolute Gasteiger partial charge is 0.160 e. The fourth-order valence-corrected chi connectivity index (χ4v) is 1.92. The van der Waals surface area contributed by atoms with Gasteiger partial charge in [-0.05, 0) is 27.9 Å². The van der Waals surface area contributed by atoms with E-state index >= 15 is 0 Å². The van der Waals surface area contributed by atoms with E-state index < -0.39 is 10.5 Å². The van der Waals surface area contributed by atoms with E-state index in [1.807, 2.05) is 6.07 Å². The van der Waals surface area contributed by atoms with Crippen LogP contribution in [0.1, 0.15) is 11.1 Å². The third-order valence-electron chi connectivity index (χ3n) is 1.74. The molecule has 1 radical (unpaired) electrons. The molecule has 0 aromatic heterocycles. The van der Waals surface area contributed by atoms with Crippen LogP contribution in [0, 0.1) is 13.8 Å². The van der Waals surface area contributed by atoms with Crippen molar-refractivity contribution in [1.82, 2.24) is 0 Å². The molecule has 1 atom stereocenters. The Hall–Kier alpha value is -0.750. The van der Waals surface area contributed by atoms with E-state index in [1.165, 1.54) is 6.07 Å². The molecule has 0 aliphatic carbocycles. The highest BCUT2D eigenvalue weighted by Crippen LogP contribution is 2.22. The molecule has 5 heteroatoms. The van der Waals surface area contributed by atoms with Crippen LogP contribution >= 0.6 is 0 Å². The van der Waals surface area contributed by atoms with Gasteiger partial charge >= 0.3 is 10.5 Å². The van der Waals surface area contributed by atoms with Gasteiger partial charge in [-0.25, -0.2) is 0 Å². The predicted molar refractivity (Wildman–Crippen MR) is 48.2 cm³/mol. The quantitative estimate of drug-likeness (QED) is 0.579. The monoisotopic (exact) mass is 201 g/mol. The maximum atomic E-state index is 11.2. The van der Waals surface area contributed by atoms with Crippen LogP contribution in [0.2, 0.25) is 0 Å². The maximum Gasteiger partial charge on any atom is 0.447 e. The van der Waals surface area contributed by atoms with Gasteiger partial charge in [-0.1, -0.05) is 12.1 Å². The first-order chi connectivity index (χ1) is 5.97. The van der Waals surface area contributed by atoms with Crippen molar-refractivity contribution in [3.05, 3.63) is 29.3 Å². The lowest BCUT2D eigenvalue weighted by Gasteiger charge is -2.00. The number of benzene rings is 1. The van der Waals surface area contributed by atoms with Crippen molar-refractivity contribution >= 4 is 10.5 Å². The van der Waals surface area contributed by atoms with Crippen molar-refractivity contribution in [2.75, 3.05) is 0 Å². The number of aryl methyl sites for hydroxylation is 2. The Labute approximate surface area is 78.1 Å². The van der Waals surface area contributed by atoms with Crippen LogP contribution < -0.4 is 5.90 Å². The Morgan fingerprint density at radius 1 is 1.38 bits per heavy atom. The van der Waals surface area contributed by atoms with Gasteiger partial charge in [0.1, 0.15) is 0 Å². The van der Waals surface area contributed by atoms with Gasteiger partial charge in [0.05, 0.1) is 4.55 Å². The molecule has 13 heavy (non-hydrogen) atoms. The van der Waals surface area contributed by atoms with Crippen molar-refractivity contribution in [2.45, 2.75) is 18.7 Å². The lowest BCUT2D eigenvalue weighted by atomic mass is 10.2. The minimum Gasteiger partial charge on any atom is -0.160 e. The zero-order chi connectivity index (χ0) is 10.1. The molecule has 4 nitrogen and oxygen atoms in total. The minimum absolute atomic E-state index is 0.120. The summed E-state index contributed by atoms with van der Waals surface area (Å²) in [6, 6.07) is 5.06. The fraction of sp³-hybridized carbons (Fsp3) is 0.250. The van der Waals surface area contributed by atoms with Crippen molar-refractivity contribution in [1.29, 1.82) is 0 Å². The average molecular weight is 201 g/mol. The molecule has 0 aliphatic heterocycles. The summed E-state index contributed by atoms with van der Waals surface area (Å²) < 4.78 is 26.4.